The third-order valence-electron chi connectivity index (χ3n) is 2.80. The monoisotopic (exact) mass is 265 g/mol. The average Bonchev–Trinajstić information content (AvgIpc) is 2.47. The highest BCUT2D eigenvalue weighted by molar-refractivity contribution is 5.85. The largest absolute Gasteiger partial charge is 0.451 e. The van der Waals surface area contributed by atoms with Crippen molar-refractivity contribution >= 4 is 11.8 Å². The third kappa shape index (κ3) is 5.75. The molecule has 19 heavy (non-hydrogen) atoms. The highest BCUT2D eigenvalue weighted by atomic mass is 16.7. The van der Waals surface area contributed by atoms with E-state index < -0.39 is 6.09 Å². The van der Waals surface area contributed by atoms with E-state index in [0.29, 0.717) is 12.3 Å². The van der Waals surface area contributed by atoms with E-state index in [4.69, 9.17) is 9.57 Å². The molecule has 0 bridgehead atoms. The van der Waals surface area contributed by atoms with Gasteiger partial charge in [-0.15, -0.1) is 0 Å². The van der Waals surface area contributed by atoms with E-state index in [1.165, 1.54) is 31.4 Å². The molecule has 0 saturated carbocycles. The molecule has 4 nitrogen and oxygen atoms in total. The molecule has 1 aromatic carbocycles. The Labute approximate surface area is 115 Å². The normalized spacial score (nSPS) is 10.2. The lowest BCUT2D eigenvalue weighted by molar-refractivity contribution is 0.0831. The molecule has 0 atom stereocenters. The number of hydrogen-bond acceptors (Lipinski definition) is 3. The van der Waals surface area contributed by atoms with Gasteiger partial charge in [0.05, 0.1) is 19.4 Å². The average molecular weight is 265 g/mol. The number of methoxy groups -OCH3 is 1. The molecule has 1 amide bonds. The first-order chi connectivity index (χ1) is 9.29. The van der Waals surface area contributed by atoms with Gasteiger partial charge in [0.15, 0.2) is 0 Å². The fourth-order valence-electron chi connectivity index (χ4n) is 1.74. The highest BCUT2D eigenvalue weighted by Gasteiger charge is 2.16. The minimum atomic E-state index is -0.500. The van der Waals surface area contributed by atoms with Crippen LogP contribution in [0.15, 0.2) is 30.3 Å². The molecule has 0 radical (unpaired) electrons. The number of rotatable bonds is 8. The first-order valence-electron chi connectivity index (χ1n) is 6.85. The van der Waals surface area contributed by atoms with Gasteiger partial charge in [0.1, 0.15) is 0 Å². The van der Waals surface area contributed by atoms with Crippen LogP contribution in [-0.4, -0.2) is 19.8 Å². The topological polar surface area (TPSA) is 38.8 Å². The fraction of sp³-hybridized carbons (Fsp3) is 0.533. The zero-order chi connectivity index (χ0) is 13.9. The van der Waals surface area contributed by atoms with Crippen molar-refractivity contribution in [2.75, 3.05) is 18.8 Å². The van der Waals surface area contributed by atoms with Crippen LogP contribution in [0.3, 0.4) is 0 Å². The van der Waals surface area contributed by atoms with E-state index in [1.807, 2.05) is 30.3 Å². The van der Waals surface area contributed by atoms with Crippen molar-refractivity contribution in [3.05, 3.63) is 30.3 Å². The van der Waals surface area contributed by atoms with Gasteiger partial charge in [0.25, 0.3) is 0 Å². The summed E-state index contributed by atoms with van der Waals surface area (Å²) in [7, 11) is 1.35. The molecule has 0 aliphatic heterocycles. The van der Waals surface area contributed by atoms with Crippen LogP contribution in [0.25, 0.3) is 0 Å². The molecular formula is C15H23NO3. The summed E-state index contributed by atoms with van der Waals surface area (Å²) in [6, 6.07) is 9.23. The molecule has 0 aromatic heterocycles. The molecule has 0 heterocycles. The lowest BCUT2D eigenvalue weighted by Gasteiger charge is -2.20. The van der Waals surface area contributed by atoms with Crippen molar-refractivity contribution in [3.63, 3.8) is 0 Å². The van der Waals surface area contributed by atoms with Crippen molar-refractivity contribution in [2.24, 2.45) is 0 Å². The maximum absolute atomic E-state index is 11.7. The number of unbranched alkanes of at least 4 members (excludes halogenated alkanes) is 4. The number of benzene rings is 1. The minimum Gasteiger partial charge on any atom is -0.451 e. The maximum Gasteiger partial charge on any atom is 0.438 e. The number of para-hydroxylation sites is 1. The molecule has 0 saturated heterocycles. The number of carbonyl (C=O) groups excluding carboxylic acids is 1. The van der Waals surface area contributed by atoms with Crippen molar-refractivity contribution in [1.29, 1.82) is 0 Å². The van der Waals surface area contributed by atoms with Crippen LogP contribution in [0.2, 0.25) is 0 Å². The van der Waals surface area contributed by atoms with Gasteiger partial charge in [-0.2, -0.15) is 5.06 Å². The van der Waals surface area contributed by atoms with Crippen molar-refractivity contribution in [3.8, 4) is 0 Å². The van der Waals surface area contributed by atoms with Crippen LogP contribution in [0.1, 0.15) is 39.0 Å². The van der Waals surface area contributed by atoms with Crippen LogP contribution < -0.4 is 5.06 Å². The number of carbonyl (C=O) groups is 1. The van der Waals surface area contributed by atoms with Crippen molar-refractivity contribution in [2.45, 2.75) is 39.0 Å². The fourth-order valence-corrected chi connectivity index (χ4v) is 1.74. The number of amides is 1. The zero-order valence-corrected chi connectivity index (χ0v) is 11.8. The van der Waals surface area contributed by atoms with Gasteiger partial charge in [0.2, 0.25) is 0 Å². The smallest absolute Gasteiger partial charge is 0.438 e. The molecular weight excluding hydrogens is 242 g/mol. The molecule has 0 fully saturated rings. The number of hydrogen-bond donors (Lipinski definition) is 0. The second-order valence-electron chi connectivity index (χ2n) is 4.35. The Morgan fingerprint density at radius 3 is 2.42 bits per heavy atom. The Balaban J connectivity index is 2.41. The Bertz CT molecular complexity index is 354. The second-order valence-corrected chi connectivity index (χ2v) is 4.35. The molecule has 0 spiro atoms. The van der Waals surface area contributed by atoms with E-state index in [-0.39, 0.29) is 0 Å². The quantitative estimate of drug-likeness (QED) is 0.523. The van der Waals surface area contributed by atoms with Gasteiger partial charge in [0, 0.05) is 0 Å². The predicted octanol–water partition coefficient (Wildman–Crippen LogP) is 4.16. The summed E-state index contributed by atoms with van der Waals surface area (Å²) in [5.41, 5.74) is 0.683. The molecule has 4 heteroatoms. The summed E-state index contributed by atoms with van der Waals surface area (Å²) >= 11 is 0. The molecule has 106 valence electrons. The van der Waals surface area contributed by atoms with Gasteiger partial charge in [-0.1, -0.05) is 50.8 Å². The van der Waals surface area contributed by atoms with Crippen LogP contribution >= 0.6 is 0 Å². The minimum absolute atomic E-state index is 0.500. The number of anilines is 1. The van der Waals surface area contributed by atoms with E-state index in [1.54, 1.807) is 0 Å². The van der Waals surface area contributed by atoms with Crippen LogP contribution in [-0.2, 0) is 9.57 Å². The SMILES string of the molecule is CCCCCCCON(C(=O)OC)c1ccccc1. The summed E-state index contributed by atoms with van der Waals surface area (Å²) < 4.78 is 4.72. The number of hydroxylamine groups is 1. The van der Waals surface area contributed by atoms with E-state index in [9.17, 15) is 4.79 Å². The molecule has 0 N–H and O–H groups in total. The summed E-state index contributed by atoms with van der Waals surface area (Å²) in [6.45, 7) is 2.71. The van der Waals surface area contributed by atoms with Crippen molar-refractivity contribution < 1.29 is 14.4 Å². The number of ether oxygens (including phenoxy) is 1. The Hall–Kier alpha value is -1.55. The number of nitrogens with zero attached hydrogens (tertiary/aromatic N) is 1. The summed E-state index contributed by atoms with van der Waals surface area (Å²) in [5.74, 6) is 0. The molecule has 0 aliphatic rings. The first-order valence-corrected chi connectivity index (χ1v) is 6.85. The Morgan fingerprint density at radius 2 is 1.79 bits per heavy atom. The van der Waals surface area contributed by atoms with E-state index in [2.05, 4.69) is 6.92 Å². The van der Waals surface area contributed by atoms with Gasteiger partial charge < -0.3 is 4.74 Å². The summed E-state index contributed by atoms with van der Waals surface area (Å²) in [5, 5.41) is 1.21. The van der Waals surface area contributed by atoms with Gasteiger partial charge in [-0.25, -0.2) is 4.79 Å². The van der Waals surface area contributed by atoms with Crippen LogP contribution in [0.5, 0.6) is 0 Å². The second kappa shape index (κ2) is 9.39. The Morgan fingerprint density at radius 1 is 1.11 bits per heavy atom. The van der Waals surface area contributed by atoms with Crippen LogP contribution in [0.4, 0.5) is 10.5 Å². The summed E-state index contributed by atoms with van der Waals surface area (Å²) in [4.78, 5) is 17.2. The molecule has 1 aromatic rings. The van der Waals surface area contributed by atoms with Gasteiger partial charge in [-0.3, -0.25) is 4.84 Å². The van der Waals surface area contributed by atoms with Gasteiger partial charge >= 0.3 is 6.09 Å². The molecule has 0 aliphatic carbocycles. The van der Waals surface area contributed by atoms with Crippen molar-refractivity contribution in [1.82, 2.24) is 0 Å². The maximum atomic E-state index is 11.7. The molecule has 1 rings (SSSR count). The molecule has 0 unspecified atom stereocenters. The first kappa shape index (κ1) is 15.5. The lowest BCUT2D eigenvalue weighted by atomic mass is 10.2. The Kier molecular flexibility index (Phi) is 7.66. The highest BCUT2D eigenvalue weighted by Crippen LogP contribution is 2.15. The third-order valence-corrected chi connectivity index (χ3v) is 2.80. The standard InChI is InChI=1S/C15H23NO3/c1-3-4-5-6-10-13-19-16(15(17)18-2)14-11-8-7-9-12-14/h7-9,11-12H,3-6,10,13H2,1-2H3. The zero-order valence-electron chi connectivity index (χ0n) is 11.8. The van der Waals surface area contributed by atoms with Crippen LogP contribution in [0, 0.1) is 0 Å². The predicted molar refractivity (Wildman–Crippen MR) is 76.0 cm³/mol. The lowest BCUT2D eigenvalue weighted by Crippen LogP contribution is -2.31. The van der Waals surface area contributed by atoms with Gasteiger partial charge in [-0.05, 0) is 18.6 Å². The van der Waals surface area contributed by atoms with E-state index >= 15 is 0 Å². The summed E-state index contributed by atoms with van der Waals surface area (Å²) in [6.07, 6.45) is 5.25. The van der Waals surface area contributed by atoms with E-state index in [0.717, 1.165) is 12.8 Å².